The predicted molar refractivity (Wildman–Crippen MR) is 58.4 cm³/mol. The lowest BCUT2D eigenvalue weighted by atomic mass is 10.2. The standard InChI is InChI=1S/C9H16O2S2/c1-3-8(10)9(4-2)12-6-5-7-13(9)11/h3-7H2,1-2H3/t9-,13?/m1/s1. The number of hydrogen-bond acceptors (Lipinski definition) is 3. The monoisotopic (exact) mass is 220 g/mol. The molecular weight excluding hydrogens is 204 g/mol. The van der Waals surface area contributed by atoms with E-state index in [9.17, 15) is 9.00 Å². The third-order valence-electron chi connectivity index (χ3n) is 2.39. The third-order valence-corrected chi connectivity index (χ3v) is 6.69. The predicted octanol–water partition coefficient (Wildman–Crippen LogP) is 1.96. The molecular formula is C9H16O2S2. The highest BCUT2D eigenvalue weighted by atomic mass is 32.2. The average Bonchev–Trinajstić information content (AvgIpc) is 2.18. The fraction of sp³-hybridized carbons (Fsp3) is 0.889. The van der Waals surface area contributed by atoms with E-state index in [1.54, 1.807) is 11.8 Å². The molecule has 76 valence electrons. The first kappa shape index (κ1) is 11.2. The number of Topliss-reactive ketones (excluding diaryl/α,β-unsaturated/α-hetero) is 1. The molecule has 0 aliphatic carbocycles. The highest BCUT2D eigenvalue weighted by molar-refractivity contribution is 8.14. The van der Waals surface area contributed by atoms with Gasteiger partial charge in [0.1, 0.15) is 4.08 Å². The molecule has 0 spiro atoms. The van der Waals surface area contributed by atoms with Gasteiger partial charge in [0.15, 0.2) is 5.78 Å². The van der Waals surface area contributed by atoms with E-state index in [1.807, 2.05) is 13.8 Å². The van der Waals surface area contributed by atoms with Gasteiger partial charge in [-0.05, 0) is 18.6 Å². The van der Waals surface area contributed by atoms with Crippen molar-refractivity contribution in [2.75, 3.05) is 11.5 Å². The second kappa shape index (κ2) is 4.60. The van der Waals surface area contributed by atoms with Gasteiger partial charge in [-0.25, -0.2) is 0 Å². The molecule has 1 aliphatic heterocycles. The Morgan fingerprint density at radius 2 is 2.23 bits per heavy atom. The largest absolute Gasteiger partial charge is 0.297 e. The molecule has 1 saturated heterocycles. The first-order valence-electron chi connectivity index (χ1n) is 4.73. The molecule has 2 nitrogen and oxygen atoms in total. The fourth-order valence-electron chi connectivity index (χ4n) is 1.59. The van der Waals surface area contributed by atoms with Gasteiger partial charge >= 0.3 is 0 Å². The van der Waals surface area contributed by atoms with E-state index < -0.39 is 14.9 Å². The van der Waals surface area contributed by atoms with Crippen LogP contribution in [0.1, 0.15) is 33.1 Å². The van der Waals surface area contributed by atoms with Crippen molar-refractivity contribution >= 4 is 28.3 Å². The van der Waals surface area contributed by atoms with Gasteiger partial charge in [-0.1, -0.05) is 13.8 Å². The summed E-state index contributed by atoms with van der Waals surface area (Å²) >= 11 is 1.60. The van der Waals surface area contributed by atoms with Crippen molar-refractivity contribution < 1.29 is 9.00 Å². The van der Waals surface area contributed by atoms with Gasteiger partial charge in [-0.15, -0.1) is 11.8 Å². The quantitative estimate of drug-likeness (QED) is 0.729. The van der Waals surface area contributed by atoms with Crippen LogP contribution in [0.15, 0.2) is 0 Å². The van der Waals surface area contributed by atoms with Gasteiger partial charge < -0.3 is 0 Å². The summed E-state index contributed by atoms with van der Waals surface area (Å²) in [6, 6.07) is 0. The van der Waals surface area contributed by atoms with Crippen LogP contribution >= 0.6 is 11.8 Å². The Hall–Kier alpha value is 0.170. The molecule has 0 N–H and O–H groups in total. The Balaban J connectivity index is 2.88. The topological polar surface area (TPSA) is 34.1 Å². The zero-order chi connectivity index (χ0) is 9.90. The summed E-state index contributed by atoms with van der Waals surface area (Å²) in [5.41, 5.74) is 0. The summed E-state index contributed by atoms with van der Waals surface area (Å²) in [5, 5.41) is 0. The summed E-state index contributed by atoms with van der Waals surface area (Å²) in [6.07, 6.45) is 2.19. The molecule has 0 radical (unpaired) electrons. The number of carbonyl (C=O) groups is 1. The lowest BCUT2D eigenvalue weighted by molar-refractivity contribution is -0.119. The summed E-state index contributed by atoms with van der Waals surface area (Å²) < 4.78 is 11.3. The van der Waals surface area contributed by atoms with Crippen molar-refractivity contribution in [1.29, 1.82) is 0 Å². The normalized spacial score (nSPS) is 34.5. The van der Waals surface area contributed by atoms with E-state index in [1.165, 1.54) is 0 Å². The molecule has 0 bridgehead atoms. The Kier molecular flexibility index (Phi) is 3.98. The van der Waals surface area contributed by atoms with Crippen molar-refractivity contribution in [3.05, 3.63) is 0 Å². The van der Waals surface area contributed by atoms with Gasteiger partial charge in [0.25, 0.3) is 0 Å². The van der Waals surface area contributed by atoms with Crippen LogP contribution in [0.5, 0.6) is 0 Å². The van der Waals surface area contributed by atoms with Gasteiger partial charge in [-0.2, -0.15) is 0 Å². The minimum Gasteiger partial charge on any atom is -0.297 e. The van der Waals surface area contributed by atoms with Gasteiger partial charge in [-0.3, -0.25) is 9.00 Å². The van der Waals surface area contributed by atoms with Crippen LogP contribution in [-0.2, 0) is 15.6 Å². The zero-order valence-electron chi connectivity index (χ0n) is 8.17. The van der Waals surface area contributed by atoms with Crippen LogP contribution in [0.25, 0.3) is 0 Å². The summed E-state index contributed by atoms with van der Waals surface area (Å²) in [4.78, 5) is 11.7. The van der Waals surface area contributed by atoms with E-state index in [0.717, 1.165) is 12.2 Å². The van der Waals surface area contributed by atoms with Crippen LogP contribution in [0, 0.1) is 0 Å². The van der Waals surface area contributed by atoms with Crippen LogP contribution < -0.4 is 0 Å². The smallest absolute Gasteiger partial charge is 0.161 e. The summed E-state index contributed by atoms with van der Waals surface area (Å²) in [6.45, 7) is 3.82. The van der Waals surface area contributed by atoms with E-state index in [2.05, 4.69) is 0 Å². The highest BCUT2D eigenvalue weighted by Gasteiger charge is 2.43. The molecule has 0 aromatic carbocycles. The molecule has 2 atom stereocenters. The van der Waals surface area contributed by atoms with E-state index in [4.69, 9.17) is 0 Å². The fourth-order valence-corrected chi connectivity index (χ4v) is 5.39. The Morgan fingerprint density at radius 1 is 1.54 bits per heavy atom. The van der Waals surface area contributed by atoms with Gasteiger partial charge in [0, 0.05) is 23.0 Å². The highest BCUT2D eigenvalue weighted by Crippen LogP contribution is 2.38. The average molecular weight is 220 g/mol. The van der Waals surface area contributed by atoms with E-state index in [0.29, 0.717) is 18.6 Å². The Labute approximate surface area is 86.3 Å². The van der Waals surface area contributed by atoms with Crippen molar-refractivity contribution in [3.63, 3.8) is 0 Å². The summed E-state index contributed by atoms with van der Waals surface area (Å²) in [5.74, 6) is 1.84. The van der Waals surface area contributed by atoms with Crippen molar-refractivity contribution in [2.24, 2.45) is 0 Å². The number of carbonyl (C=O) groups excluding carboxylic acids is 1. The molecule has 0 aromatic heterocycles. The molecule has 1 heterocycles. The van der Waals surface area contributed by atoms with Crippen molar-refractivity contribution in [2.45, 2.75) is 37.2 Å². The minimum atomic E-state index is -0.953. The maximum atomic E-state index is 11.8. The van der Waals surface area contributed by atoms with Gasteiger partial charge in [0.05, 0.1) is 0 Å². The molecule has 1 rings (SSSR count). The molecule has 0 amide bonds. The summed E-state index contributed by atoms with van der Waals surface area (Å²) in [7, 11) is -0.953. The molecule has 1 unspecified atom stereocenters. The minimum absolute atomic E-state index is 0.165. The molecule has 1 fully saturated rings. The first-order chi connectivity index (χ1) is 6.17. The zero-order valence-corrected chi connectivity index (χ0v) is 9.80. The Bertz CT molecular complexity index is 218. The second-order valence-corrected chi connectivity index (χ2v) is 6.58. The van der Waals surface area contributed by atoms with E-state index in [-0.39, 0.29) is 5.78 Å². The van der Waals surface area contributed by atoms with E-state index >= 15 is 0 Å². The lowest BCUT2D eigenvalue weighted by Crippen LogP contribution is -2.43. The second-order valence-electron chi connectivity index (χ2n) is 3.13. The molecule has 4 heteroatoms. The van der Waals surface area contributed by atoms with Crippen LogP contribution in [0.3, 0.4) is 0 Å². The third kappa shape index (κ3) is 1.99. The van der Waals surface area contributed by atoms with Crippen LogP contribution in [-0.4, -0.2) is 25.6 Å². The van der Waals surface area contributed by atoms with Gasteiger partial charge in [0.2, 0.25) is 0 Å². The first-order valence-corrected chi connectivity index (χ1v) is 7.03. The molecule has 0 saturated carbocycles. The maximum Gasteiger partial charge on any atom is 0.161 e. The number of rotatable bonds is 3. The van der Waals surface area contributed by atoms with Crippen LogP contribution in [0.2, 0.25) is 0 Å². The Morgan fingerprint density at radius 3 is 2.69 bits per heavy atom. The van der Waals surface area contributed by atoms with Crippen molar-refractivity contribution in [3.8, 4) is 0 Å². The SMILES string of the molecule is CCC(=O)[C@]1(CC)SCCCS1=O. The lowest BCUT2D eigenvalue weighted by Gasteiger charge is -2.32. The van der Waals surface area contributed by atoms with Crippen molar-refractivity contribution in [1.82, 2.24) is 0 Å². The maximum absolute atomic E-state index is 11.8. The number of hydrogen-bond donors (Lipinski definition) is 0. The number of ketones is 1. The number of thioether (sulfide) groups is 1. The molecule has 1 aliphatic rings. The van der Waals surface area contributed by atoms with Crippen LogP contribution in [0.4, 0.5) is 0 Å². The molecule has 13 heavy (non-hydrogen) atoms. The molecule has 0 aromatic rings.